The Morgan fingerprint density at radius 2 is 1.70 bits per heavy atom. The molecule has 13 heteroatoms. The van der Waals surface area contributed by atoms with Gasteiger partial charge in [0.2, 0.25) is 5.91 Å². The Labute approximate surface area is 213 Å². The Balaban J connectivity index is 0.000000479. The van der Waals surface area contributed by atoms with Crippen LogP contribution >= 0.6 is 0 Å². The molecular formula is C24H32F3N5O5. The molecule has 37 heavy (non-hydrogen) atoms. The molecule has 3 fully saturated rings. The maximum Gasteiger partial charge on any atom is 0.490 e. The monoisotopic (exact) mass is 527 g/mol. The summed E-state index contributed by atoms with van der Waals surface area (Å²) in [4.78, 5) is 59.3. The van der Waals surface area contributed by atoms with Gasteiger partial charge >= 0.3 is 18.2 Å². The van der Waals surface area contributed by atoms with Crippen LogP contribution < -0.4 is 0 Å². The molecule has 10 nitrogen and oxygen atoms in total. The van der Waals surface area contributed by atoms with Gasteiger partial charge in [-0.1, -0.05) is 0 Å². The van der Waals surface area contributed by atoms with Crippen LogP contribution in [0.1, 0.15) is 36.5 Å². The van der Waals surface area contributed by atoms with E-state index in [-0.39, 0.29) is 23.3 Å². The van der Waals surface area contributed by atoms with Crippen molar-refractivity contribution in [3.05, 3.63) is 30.1 Å². The maximum absolute atomic E-state index is 13.5. The lowest BCUT2D eigenvalue weighted by molar-refractivity contribution is -0.192. The Morgan fingerprint density at radius 1 is 1.08 bits per heavy atom. The zero-order chi connectivity index (χ0) is 27.6. The molecular weight excluding hydrogens is 495 g/mol. The fourth-order valence-electron chi connectivity index (χ4n) is 5.71. The van der Waals surface area contributed by atoms with Crippen LogP contribution in [0.5, 0.6) is 0 Å². The molecule has 0 saturated carbocycles. The minimum absolute atomic E-state index is 0.0147. The van der Waals surface area contributed by atoms with Crippen molar-refractivity contribution in [2.75, 3.05) is 53.4 Å². The molecule has 0 bridgehead atoms. The second-order valence-corrected chi connectivity index (χ2v) is 9.87. The largest absolute Gasteiger partial charge is 0.490 e. The number of piperidine rings is 1. The average molecular weight is 528 g/mol. The molecule has 4 amide bonds. The number of likely N-dealkylation sites (tertiary alicyclic amines) is 3. The van der Waals surface area contributed by atoms with Crippen LogP contribution in [-0.4, -0.2) is 113 Å². The third-order valence-electron chi connectivity index (χ3n) is 7.67. The van der Waals surface area contributed by atoms with Crippen molar-refractivity contribution >= 4 is 23.8 Å². The number of aromatic nitrogens is 1. The van der Waals surface area contributed by atoms with Gasteiger partial charge < -0.3 is 24.7 Å². The van der Waals surface area contributed by atoms with E-state index in [1.54, 1.807) is 43.5 Å². The number of alkyl halides is 3. The van der Waals surface area contributed by atoms with E-state index in [2.05, 4.69) is 4.98 Å². The highest BCUT2D eigenvalue weighted by Gasteiger charge is 2.66. The quantitative estimate of drug-likeness (QED) is 0.631. The number of carboxylic acids is 1. The van der Waals surface area contributed by atoms with Crippen LogP contribution in [0.15, 0.2) is 24.5 Å². The number of amides is 4. The molecule has 0 aliphatic carbocycles. The Hall–Kier alpha value is -3.38. The Kier molecular flexibility index (Phi) is 8.03. The normalized spacial score (nSPS) is 22.8. The van der Waals surface area contributed by atoms with Crippen molar-refractivity contribution in [1.82, 2.24) is 24.6 Å². The first kappa shape index (κ1) is 28.2. The van der Waals surface area contributed by atoms with Crippen LogP contribution in [0.25, 0.3) is 0 Å². The van der Waals surface area contributed by atoms with E-state index >= 15 is 0 Å². The van der Waals surface area contributed by atoms with E-state index in [1.807, 2.05) is 21.6 Å². The number of urea groups is 1. The molecule has 1 atom stereocenters. The molecule has 4 rings (SSSR count). The molecule has 4 heterocycles. The summed E-state index contributed by atoms with van der Waals surface area (Å²) in [5.74, 6) is -2.59. The van der Waals surface area contributed by atoms with Gasteiger partial charge in [-0.2, -0.15) is 13.2 Å². The second-order valence-electron chi connectivity index (χ2n) is 9.87. The summed E-state index contributed by atoms with van der Waals surface area (Å²) in [5, 5.41) is 7.12. The number of carbonyl (C=O) groups excluding carboxylic acids is 3. The minimum Gasteiger partial charge on any atom is -0.475 e. The molecule has 204 valence electrons. The average Bonchev–Trinajstić information content (AvgIpc) is 3.36. The summed E-state index contributed by atoms with van der Waals surface area (Å²) >= 11 is 0. The number of hydrogen-bond donors (Lipinski definition) is 1. The third-order valence-corrected chi connectivity index (χ3v) is 7.67. The molecule has 3 aliphatic rings. The van der Waals surface area contributed by atoms with Gasteiger partial charge in [-0.3, -0.25) is 14.6 Å². The van der Waals surface area contributed by atoms with Crippen LogP contribution in [0.4, 0.5) is 18.0 Å². The van der Waals surface area contributed by atoms with Gasteiger partial charge in [0.25, 0.3) is 5.91 Å². The predicted molar refractivity (Wildman–Crippen MR) is 125 cm³/mol. The molecule has 3 saturated heterocycles. The fourth-order valence-corrected chi connectivity index (χ4v) is 5.71. The van der Waals surface area contributed by atoms with Crippen molar-refractivity contribution in [3.63, 3.8) is 0 Å². The number of carbonyl (C=O) groups is 4. The van der Waals surface area contributed by atoms with E-state index in [4.69, 9.17) is 9.90 Å². The number of rotatable bonds is 2. The van der Waals surface area contributed by atoms with Gasteiger partial charge in [0.05, 0.1) is 11.0 Å². The van der Waals surface area contributed by atoms with Crippen molar-refractivity contribution in [2.45, 2.75) is 32.4 Å². The maximum atomic E-state index is 13.5. The first-order chi connectivity index (χ1) is 17.3. The van der Waals surface area contributed by atoms with E-state index in [9.17, 15) is 27.6 Å². The standard InChI is InChI=1S/C22H31N5O3.C2HF3O2/c1-4-25-13-9-22(19(25)29)16-27(20(30)24(2)3)15-21(22)7-11-26(12-8-21)18(28)17-6-5-10-23-14-17;3-2(4,5)1(6)7/h5-6,10,14H,4,7-9,11-13,15-16H2,1-3H3;(H,6,7). The number of aliphatic carboxylic acids is 1. The molecule has 1 aromatic heterocycles. The minimum atomic E-state index is -5.08. The molecule has 0 aromatic carbocycles. The topological polar surface area (TPSA) is 114 Å². The van der Waals surface area contributed by atoms with Gasteiger partial charge in [-0.15, -0.1) is 0 Å². The van der Waals surface area contributed by atoms with Crippen LogP contribution in [-0.2, 0) is 9.59 Å². The summed E-state index contributed by atoms with van der Waals surface area (Å²) in [6.07, 6.45) is 0.430. The second kappa shape index (κ2) is 10.5. The molecule has 1 N–H and O–H groups in total. The van der Waals surface area contributed by atoms with Crippen molar-refractivity contribution in [1.29, 1.82) is 0 Å². The number of halogens is 3. The lowest BCUT2D eigenvalue weighted by atomic mass is 9.60. The Bertz CT molecular complexity index is 1030. The number of pyridine rings is 1. The third kappa shape index (κ3) is 5.35. The van der Waals surface area contributed by atoms with E-state index in [0.29, 0.717) is 38.3 Å². The lowest BCUT2D eigenvalue weighted by Crippen LogP contribution is -2.53. The molecule has 1 unspecified atom stereocenters. The van der Waals surface area contributed by atoms with Crippen LogP contribution in [0.2, 0.25) is 0 Å². The number of hydrogen-bond acceptors (Lipinski definition) is 5. The zero-order valence-corrected chi connectivity index (χ0v) is 21.1. The SMILES string of the molecule is CCN1CCC2(CN(C(=O)N(C)C)CC23CCN(C(=O)c2cccnc2)CC3)C1=O.O=C(O)C(F)(F)F. The van der Waals surface area contributed by atoms with Gasteiger partial charge in [-0.05, 0) is 38.3 Å². The fraction of sp³-hybridized carbons (Fsp3) is 0.625. The van der Waals surface area contributed by atoms with Gasteiger partial charge in [0.15, 0.2) is 0 Å². The summed E-state index contributed by atoms with van der Waals surface area (Å²) in [6.45, 7) is 5.72. The summed E-state index contributed by atoms with van der Waals surface area (Å²) in [5.41, 5.74) is -0.211. The zero-order valence-electron chi connectivity index (χ0n) is 21.1. The highest BCUT2D eigenvalue weighted by atomic mass is 19.4. The molecule has 1 aromatic rings. The number of carboxylic acid groups (broad SMARTS) is 1. The summed E-state index contributed by atoms with van der Waals surface area (Å²) in [6, 6.07) is 3.52. The van der Waals surface area contributed by atoms with Gasteiger partial charge in [-0.25, -0.2) is 9.59 Å². The van der Waals surface area contributed by atoms with Crippen molar-refractivity contribution < 1.29 is 37.5 Å². The van der Waals surface area contributed by atoms with E-state index in [1.165, 1.54) is 0 Å². The first-order valence-corrected chi connectivity index (χ1v) is 12.0. The lowest BCUT2D eigenvalue weighted by Gasteiger charge is -2.46. The van der Waals surface area contributed by atoms with E-state index < -0.39 is 17.6 Å². The Morgan fingerprint density at radius 3 is 2.16 bits per heavy atom. The van der Waals surface area contributed by atoms with E-state index in [0.717, 1.165) is 25.8 Å². The predicted octanol–water partition coefficient (Wildman–Crippen LogP) is 2.17. The first-order valence-electron chi connectivity index (χ1n) is 12.0. The molecule has 3 aliphatic heterocycles. The summed E-state index contributed by atoms with van der Waals surface area (Å²) in [7, 11) is 3.51. The van der Waals surface area contributed by atoms with Crippen molar-refractivity contribution in [3.8, 4) is 0 Å². The molecule has 0 radical (unpaired) electrons. The smallest absolute Gasteiger partial charge is 0.475 e. The molecule has 2 spiro atoms. The highest BCUT2D eigenvalue weighted by Crippen LogP contribution is 2.58. The highest BCUT2D eigenvalue weighted by molar-refractivity contribution is 5.94. The number of fused-ring (bicyclic) bond motifs is 1. The van der Waals surface area contributed by atoms with Gasteiger partial charge in [0, 0.05) is 71.2 Å². The van der Waals surface area contributed by atoms with Gasteiger partial charge in [0.1, 0.15) is 0 Å². The van der Waals surface area contributed by atoms with Crippen LogP contribution in [0.3, 0.4) is 0 Å². The summed E-state index contributed by atoms with van der Waals surface area (Å²) < 4.78 is 31.7. The number of nitrogens with zero attached hydrogens (tertiary/aromatic N) is 5. The van der Waals surface area contributed by atoms with Crippen molar-refractivity contribution in [2.24, 2.45) is 10.8 Å². The van der Waals surface area contributed by atoms with Crippen LogP contribution in [0, 0.1) is 10.8 Å².